The molecule has 0 unspecified atom stereocenters. The van der Waals surface area contributed by atoms with Gasteiger partial charge in [0.25, 0.3) is 0 Å². The smallest absolute Gasteiger partial charge is 0.238 e. The van der Waals surface area contributed by atoms with Crippen molar-refractivity contribution < 1.29 is 17.9 Å². The number of rotatable bonds is 10. The van der Waals surface area contributed by atoms with E-state index in [2.05, 4.69) is 5.32 Å². The number of hydrogen-bond acceptors (Lipinski definition) is 5. The van der Waals surface area contributed by atoms with E-state index in [0.29, 0.717) is 29.7 Å². The number of nitrogens with two attached hydrogens (primary N) is 1. The van der Waals surface area contributed by atoms with E-state index in [1.807, 2.05) is 19.1 Å². The van der Waals surface area contributed by atoms with Crippen LogP contribution in [0.4, 0.5) is 0 Å². The zero-order valence-corrected chi connectivity index (χ0v) is 17.1. The van der Waals surface area contributed by atoms with Gasteiger partial charge in [0.2, 0.25) is 10.0 Å². The summed E-state index contributed by atoms with van der Waals surface area (Å²) in [7, 11) is -2.06. The molecule has 0 aliphatic heterocycles. The third-order valence-corrected chi connectivity index (χ3v) is 5.12. The summed E-state index contributed by atoms with van der Waals surface area (Å²) in [5.41, 5.74) is 2.01. The second-order valence-electron chi connectivity index (χ2n) is 6.07. The number of nitrogens with one attached hydrogen (secondary N) is 1. The average Bonchev–Trinajstić information content (AvgIpc) is 2.63. The van der Waals surface area contributed by atoms with E-state index in [1.54, 1.807) is 19.2 Å². The molecule has 148 valence electrons. The van der Waals surface area contributed by atoms with Crippen LogP contribution in [-0.4, -0.2) is 28.7 Å². The first-order valence-corrected chi connectivity index (χ1v) is 10.6. The van der Waals surface area contributed by atoms with Gasteiger partial charge in [0.15, 0.2) is 11.5 Å². The van der Waals surface area contributed by atoms with Crippen LogP contribution in [0.3, 0.4) is 0 Å². The van der Waals surface area contributed by atoms with Crippen molar-refractivity contribution in [2.24, 2.45) is 5.14 Å². The van der Waals surface area contributed by atoms with E-state index >= 15 is 0 Å². The molecule has 27 heavy (non-hydrogen) atoms. The Labute approximate surface area is 165 Å². The van der Waals surface area contributed by atoms with Crippen molar-refractivity contribution in [3.63, 3.8) is 0 Å². The topological polar surface area (TPSA) is 90.6 Å². The van der Waals surface area contributed by atoms with E-state index in [4.69, 9.17) is 26.2 Å². The maximum absolute atomic E-state index is 11.3. The number of halogens is 1. The summed E-state index contributed by atoms with van der Waals surface area (Å²) in [5.74, 6) is 1.19. The van der Waals surface area contributed by atoms with Gasteiger partial charge >= 0.3 is 0 Å². The molecule has 0 radical (unpaired) electrons. The fourth-order valence-electron chi connectivity index (χ4n) is 2.53. The van der Waals surface area contributed by atoms with Gasteiger partial charge in [-0.15, -0.1) is 0 Å². The molecule has 0 heterocycles. The van der Waals surface area contributed by atoms with Crippen molar-refractivity contribution in [3.05, 3.63) is 52.5 Å². The predicted octanol–water partition coefficient (Wildman–Crippen LogP) is 3.12. The highest BCUT2D eigenvalue weighted by molar-refractivity contribution is 7.89. The normalized spacial score (nSPS) is 11.4. The molecule has 6 nitrogen and oxygen atoms in total. The summed E-state index contributed by atoms with van der Waals surface area (Å²) in [5, 5.41) is 8.96. The summed E-state index contributed by atoms with van der Waals surface area (Å²) in [6, 6.07) is 10.3. The molecule has 2 rings (SSSR count). The maximum atomic E-state index is 11.3. The largest absolute Gasteiger partial charge is 0.493 e. The van der Waals surface area contributed by atoms with Crippen LogP contribution in [0.2, 0.25) is 5.02 Å². The molecule has 0 saturated carbocycles. The molecule has 0 aliphatic carbocycles. The highest BCUT2D eigenvalue weighted by Gasteiger charge is 2.12. The molecule has 0 aromatic heterocycles. The lowest BCUT2D eigenvalue weighted by atomic mass is 10.1. The minimum atomic E-state index is -3.65. The van der Waals surface area contributed by atoms with Crippen molar-refractivity contribution in [2.75, 3.05) is 20.3 Å². The predicted molar refractivity (Wildman–Crippen MR) is 107 cm³/mol. The van der Waals surface area contributed by atoms with Crippen molar-refractivity contribution in [2.45, 2.75) is 31.2 Å². The summed E-state index contributed by atoms with van der Waals surface area (Å²) in [6.07, 6.45) is 1.65. The van der Waals surface area contributed by atoms with E-state index in [1.165, 1.54) is 12.1 Å². The van der Waals surface area contributed by atoms with Crippen LogP contribution in [0.25, 0.3) is 0 Å². The lowest BCUT2D eigenvalue weighted by Gasteiger charge is -2.14. The minimum Gasteiger partial charge on any atom is -0.493 e. The van der Waals surface area contributed by atoms with Crippen molar-refractivity contribution in [1.82, 2.24) is 5.32 Å². The SMILES string of the molecule is CCCOc1c(Cl)cc(CNCCc2ccc(S(N)(=O)=O)cc2)cc1OC. The Morgan fingerprint density at radius 2 is 1.85 bits per heavy atom. The molecule has 0 amide bonds. The first-order chi connectivity index (χ1) is 12.8. The van der Waals surface area contributed by atoms with Crippen molar-refractivity contribution in [3.8, 4) is 11.5 Å². The highest BCUT2D eigenvalue weighted by atomic mass is 35.5. The number of ether oxygens (including phenoxy) is 2. The summed E-state index contributed by atoms with van der Waals surface area (Å²) >= 11 is 6.32. The maximum Gasteiger partial charge on any atom is 0.238 e. The Morgan fingerprint density at radius 3 is 2.44 bits per heavy atom. The summed E-state index contributed by atoms with van der Waals surface area (Å²) in [4.78, 5) is 0.117. The Balaban J connectivity index is 1.90. The third kappa shape index (κ3) is 6.39. The van der Waals surface area contributed by atoms with Gasteiger partial charge in [-0.25, -0.2) is 13.6 Å². The van der Waals surface area contributed by atoms with E-state index in [0.717, 1.165) is 30.5 Å². The summed E-state index contributed by atoms with van der Waals surface area (Å²) in [6.45, 7) is 3.96. The Kier molecular flexibility index (Phi) is 7.91. The molecule has 0 aliphatic rings. The molecule has 8 heteroatoms. The molecule has 2 aromatic rings. The molecule has 0 spiro atoms. The number of methoxy groups -OCH3 is 1. The van der Waals surface area contributed by atoms with Gasteiger partial charge in [0.05, 0.1) is 23.6 Å². The van der Waals surface area contributed by atoms with Crippen LogP contribution < -0.4 is 19.9 Å². The molecule has 3 N–H and O–H groups in total. The van der Waals surface area contributed by atoms with Crippen LogP contribution in [0.15, 0.2) is 41.3 Å². The first-order valence-electron chi connectivity index (χ1n) is 8.66. The quantitative estimate of drug-likeness (QED) is 0.585. The van der Waals surface area contributed by atoms with Gasteiger partial charge in [-0.05, 0) is 54.8 Å². The fraction of sp³-hybridized carbons (Fsp3) is 0.368. The third-order valence-electron chi connectivity index (χ3n) is 3.91. The molecular weight excluding hydrogens is 388 g/mol. The zero-order valence-electron chi connectivity index (χ0n) is 15.5. The van der Waals surface area contributed by atoms with Crippen molar-refractivity contribution in [1.29, 1.82) is 0 Å². The number of benzene rings is 2. The average molecular weight is 413 g/mol. The van der Waals surface area contributed by atoms with Crippen LogP contribution in [0.5, 0.6) is 11.5 Å². The van der Waals surface area contributed by atoms with Crippen LogP contribution in [0.1, 0.15) is 24.5 Å². The Hall–Kier alpha value is -1.80. The lowest BCUT2D eigenvalue weighted by molar-refractivity contribution is 0.294. The van der Waals surface area contributed by atoms with E-state index in [-0.39, 0.29) is 4.90 Å². The monoisotopic (exact) mass is 412 g/mol. The number of hydrogen-bond donors (Lipinski definition) is 2. The van der Waals surface area contributed by atoms with Gasteiger partial charge in [0, 0.05) is 6.54 Å². The van der Waals surface area contributed by atoms with Crippen molar-refractivity contribution >= 4 is 21.6 Å². The van der Waals surface area contributed by atoms with Gasteiger partial charge in [0.1, 0.15) is 0 Å². The fourth-order valence-corrected chi connectivity index (χ4v) is 3.33. The zero-order chi connectivity index (χ0) is 19.9. The van der Waals surface area contributed by atoms with Gasteiger partial charge in [-0.1, -0.05) is 30.7 Å². The molecule has 0 atom stereocenters. The van der Waals surface area contributed by atoms with Crippen LogP contribution in [0, 0.1) is 0 Å². The standard InChI is InChI=1S/C19H25ClN2O4S/c1-3-10-26-19-17(20)11-15(12-18(19)25-2)13-22-9-8-14-4-6-16(7-5-14)27(21,23)24/h4-7,11-12,22H,3,8-10,13H2,1-2H3,(H2,21,23,24). The molecule has 0 saturated heterocycles. The second-order valence-corrected chi connectivity index (χ2v) is 8.04. The van der Waals surface area contributed by atoms with Gasteiger partial charge < -0.3 is 14.8 Å². The van der Waals surface area contributed by atoms with Crippen LogP contribution in [-0.2, 0) is 23.0 Å². The number of primary sulfonamides is 1. The second kappa shape index (κ2) is 9.94. The number of sulfonamides is 1. The first kappa shape index (κ1) is 21.5. The van der Waals surface area contributed by atoms with Crippen LogP contribution >= 0.6 is 11.6 Å². The molecular formula is C19H25ClN2O4S. The Bertz CT molecular complexity index is 855. The molecule has 2 aromatic carbocycles. The summed E-state index contributed by atoms with van der Waals surface area (Å²) < 4.78 is 33.6. The molecule has 0 bridgehead atoms. The van der Waals surface area contributed by atoms with E-state index in [9.17, 15) is 8.42 Å². The van der Waals surface area contributed by atoms with Gasteiger partial charge in [-0.2, -0.15) is 0 Å². The minimum absolute atomic E-state index is 0.117. The van der Waals surface area contributed by atoms with E-state index < -0.39 is 10.0 Å². The molecule has 0 fully saturated rings. The Morgan fingerprint density at radius 1 is 1.15 bits per heavy atom. The highest BCUT2D eigenvalue weighted by Crippen LogP contribution is 2.36. The lowest BCUT2D eigenvalue weighted by Crippen LogP contribution is -2.17. The van der Waals surface area contributed by atoms with Gasteiger partial charge in [-0.3, -0.25) is 0 Å².